The highest BCUT2D eigenvalue weighted by Gasteiger charge is 2.49. The van der Waals surface area contributed by atoms with Crippen LogP contribution in [0, 0.1) is 5.92 Å². The van der Waals surface area contributed by atoms with Gasteiger partial charge < -0.3 is 19.9 Å². The van der Waals surface area contributed by atoms with Crippen LogP contribution in [0.15, 0.2) is 11.4 Å². The number of nitrogens with one attached hydrogen (secondary N) is 1. The number of piperazine rings is 1. The first kappa shape index (κ1) is 18.6. The lowest BCUT2D eigenvalue weighted by atomic mass is 9.84. The molecule has 3 saturated heterocycles. The van der Waals surface area contributed by atoms with E-state index < -0.39 is 0 Å². The molecule has 0 saturated carbocycles. The Balaban J connectivity index is 1.30. The molecule has 0 radical (unpaired) electrons. The summed E-state index contributed by atoms with van der Waals surface area (Å²) in [6, 6.07) is 2.46. The molecule has 5 rings (SSSR count). The van der Waals surface area contributed by atoms with Gasteiger partial charge in [-0.25, -0.2) is 0 Å². The van der Waals surface area contributed by atoms with Crippen molar-refractivity contribution >= 4 is 23.2 Å². The molecule has 0 bridgehead atoms. The number of thiophene rings is 1. The summed E-state index contributed by atoms with van der Waals surface area (Å²) in [6.45, 7) is 5.59. The summed E-state index contributed by atoms with van der Waals surface area (Å²) < 4.78 is 6.29. The first-order valence-corrected chi connectivity index (χ1v) is 11.5. The molecule has 3 atom stereocenters. The molecule has 152 valence electrons. The van der Waals surface area contributed by atoms with Gasteiger partial charge >= 0.3 is 0 Å². The van der Waals surface area contributed by atoms with E-state index >= 15 is 0 Å². The van der Waals surface area contributed by atoms with Crippen molar-refractivity contribution in [1.82, 2.24) is 15.1 Å². The third-order valence-corrected chi connectivity index (χ3v) is 8.36. The van der Waals surface area contributed by atoms with Crippen molar-refractivity contribution in [2.24, 2.45) is 5.92 Å². The van der Waals surface area contributed by atoms with Gasteiger partial charge in [0.25, 0.3) is 0 Å². The van der Waals surface area contributed by atoms with Gasteiger partial charge in [-0.1, -0.05) is 6.92 Å². The number of hydrogen-bond donors (Lipinski definition) is 1. The zero-order chi connectivity index (χ0) is 19.3. The van der Waals surface area contributed by atoms with Gasteiger partial charge in [0.15, 0.2) is 0 Å². The number of nitrogens with zero attached hydrogens (tertiary/aromatic N) is 2. The number of carbonyl (C=O) groups is 2. The smallest absolute Gasteiger partial charge is 0.237 e. The fourth-order valence-electron chi connectivity index (χ4n) is 5.83. The van der Waals surface area contributed by atoms with Gasteiger partial charge in [0.2, 0.25) is 11.8 Å². The van der Waals surface area contributed by atoms with Crippen molar-refractivity contribution in [3.63, 3.8) is 0 Å². The molecule has 28 heavy (non-hydrogen) atoms. The maximum Gasteiger partial charge on any atom is 0.237 e. The molecule has 4 aliphatic heterocycles. The minimum atomic E-state index is -0.185. The van der Waals surface area contributed by atoms with Crippen LogP contribution in [0.4, 0.5) is 0 Å². The monoisotopic (exact) mass is 403 g/mol. The first-order chi connectivity index (χ1) is 13.6. The van der Waals surface area contributed by atoms with Crippen LogP contribution in [-0.2, 0) is 26.3 Å². The Hall–Kier alpha value is -1.44. The van der Waals surface area contributed by atoms with Crippen LogP contribution in [-0.4, -0.2) is 66.5 Å². The second-order valence-corrected chi connectivity index (χ2v) is 9.51. The van der Waals surface area contributed by atoms with E-state index in [1.54, 1.807) is 11.3 Å². The zero-order valence-corrected chi connectivity index (χ0v) is 17.3. The molecule has 1 aromatic heterocycles. The van der Waals surface area contributed by atoms with Crippen LogP contribution in [0.25, 0.3) is 0 Å². The zero-order valence-electron chi connectivity index (χ0n) is 16.5. The minimum absolute atomic E-state index is 0.0535. The molecule has 2 amide bonds. The number of carbonyl (C=O) groups excluding carboxylic acids is 2. The van der Waals surface area contributed by atoms with Crippen molar-refractivity contribution in [2.45, 2.75) is 56.7 Å². The molecule has 7 heteroatoms. The third kappa shape index (κ3) is 2.82. The minimum Gasteiger partial charge on any atom is -0.369 e. The summed E-state index contributed by atoms with van der Waals surface area (Å²) in [6.07, 6.45) is 4.40. The summed E-state index contributed by atoms with van der Waals surface area (Å²) in [5, 5.41) is 5.37. The van der Waals surface area contributed by atoms with E-state index in [1.165, 1.54) is 10.4 Å². The molecule has 0 unspecified atom stereocenters. The molecular weight excluding hydrogens is 374 g/mol. The van der Waals surface area contributed by atoms with E-state index in [2.05, 4.69) is 23.7 Å². The second kappa shape index (κ2) is 7.11. The Kier molecular flexibility index (Phi) is 4.72. The van der Waals surface area contributed by atoms with Crippen LogP contribution >= 0.6 is 11.3 Å². The summed E-state index contributed by atoms with van der Waals surface area (Å²) in [4.78, 5) is 31.3. The van der Waals surface area contributed by atoms with E-state index in [9.17, 15) is 9.59 Å². The SMILES string of the molecule is CC[C@@H]1[C@H](C(=O)N2CCC3(CC2)OCCc2ccsc23)C[C@@H]2CNCC(=O)N21. The fourth-order valence-corrected chi connectivity index (χ4v) is 7.00. The maximum absolute atomic E-state index is 13.4. The Morgan fingerprint density at radius 1 is 1.39 bits per heavy atom. The average Bonchev–Trinajstić information content (AvgIpc) is 3.34. The predicted molar refractivity (Wildman–Crippen MR) is 107 cm³/mol. The number of hydrogen-bond acceptors (Lipinski definition) is 5. The Bertz CT molecular complexity index is 771. The number of ether oxygens (including phenoxy) is 1. The number of amides is 2. The summed E-state index contributed by atoms with van der Waals surface area (Å²) in [5.74, 6) is 0.334. The number of likely N-dealkylation sites (tertiary alicyclic amines) is 1. The molecule has 0 aliphatic carbocycles. The van der Waals surface area contributed by atoms with Crippen molar-refractivity contribution in [3.8, 4) is 0 Å². The molecule has 0 aromatic carbocycles. The maximum atomic E-state index is 13.4. The second-order valence-electron chi connectivity index (χ2n) is 8.60. The van der Waals surface area contributed by atoms with Crippen molar-refractivity contribution in [1.29, 1.82) is 0 Å². The number of rotatable bonds is 2. The third-order valence-electron chi connectivity index (χ3n) is 7.21. The first-order valence-electron chi connectivity index (χ1n) is 10.6. The van der Waals surface area contributed by atoms with E-state index in [-0.39, 0.29) is 35.4 Å². The van der Waals surface area contributed by atoms with Gasteiger partial charge in [0, 0.05) is 36.6 Å². The van der Waals surface area contributed by atoms with Gasteiger partial charge in [0.1, 0.15) is 5.60 Å². The van der Waals surface area contributed by atoms with Crippen molar-refractivity contribution in [2.75, 3.05) is 32.8 Å². The standard InChI is InChI=1S/C21H29N3O3S/c1-2-17-16(11-15-12-22-13-18(25)24(15)17)20(26)23-7-5-21(6-8-23)19-14(3-9-27-21)4-10-28-19/h4,10,15-17,22H,2-3,5-9,11-13H2,1H3/t15-,16-,17-/m1/s1. The fraction of sp³-hybridized carbons (Fsp3) is 0.714. The van der Waals surface area contributed by atoms with Crippen LogP contribution in [0.2, 0.25) is 0 Å². The van der Waals surface area contributed by atoms with Crippen LogP contribution in [0.1, 0.15) is 43.0 Å². The van der Waals surface area contributed by atoms with Gasteiger partial charge in [-0.05, 0) is 49.1 Å². The van der Waals surface area contributed by atoms with Crippen molar-refractivity contribution in [3.05, 3.63) is 21.9 Å². The van der Waals surface area contributed by atoms with Crippen LogP contribution in [0.3, 0.4) is 0 Å². The molecule has 5 heterocycles. The van der Waals surface area contributed by atoms with Crippen molar-refractivity contribution < 1.29 is 14.3 Å². The van der Waals surface area contributed by atoms with E-state index in [0.717, 1.165) is 58.3 Å². The van der Waals surface area contributed by atoms with Gasteiger partial charge in [-0.15, -0.1) is 11.3 Å². The average molecular weight is 404 g/mol. The Labute approximate surface area is 170 Å². The molecule has 1 N–H and O–H groups in total. The summed E-state index contributed by atoms with van der Waals surface area (Å²) in [5.41, 5.74) is 1.25. The quantitative estimate of drug-likeness (QED) is 0.817. The number of piperidine rings is 1. The number of fused-ring (bicyclic) bond motifs is 3. The molecule has 4 aliphatic rings. The summed E-state index contributed by atoms with van der Waals surface area (Å²) >= 11 is 1.80. The highest BCUT2D eigenvalue weighted by atomic mass is 32.1. The lowest BCUT2D eigenvalue weighted by molar-refractivity contribution is -0.145. The lowest BCUT2D eigenvalue weighted by Crippen LogP contribution is -2.55. The van der Waals surface area contributed by atoms with E-state index in [1.807, 2.05) is 9.80 Å². The van der Waals surface area contributed by atoms with Crippen LogP contribution in [0.5, 0.6) is 0 Å². The van der Waals surface area contributed by atoms with Gasteiger partial charge in [-0.3, -0.25) is 9.59 Å². The van der Waals surface area contributed by atoms with E-state index in [4.69, 9.17) is 4.74 Å². The van der Waals surface area contributed by atoms with Gasteiger partial charge in [-0.2, -0.15) is 0 Å². The Morgan fingerprint density at radius 3 is 3.00 bits per heavy atom. The normalized spacial score (nSPS) is 31.8. The molecular formula is C21H29N3O3S. The summed E-state index contributed by atoms with van der Waals surface area (Å²) in [7, 11) is 0. The van der Waals surface area contributed by atoms with E-state index in [0.29, 0.717) is 6.54 Å². The van der Waals surface area contributed by atoms with Gasteiger partial charge in [0.05, 0.1) is 19.1 Å². The largest absolute Gasteiger partial charge is 0.369 e. The predicted octanol–water partition coefficient (Wildman–Crippen LogP) is 1.74. The highest BCUT2D eigenvalue weighted by molar-refractivity contribution is 7.10. The molecule has 6 nitrogen and oxygen atoms in total. The molecule has 1 spiro atoms. The highest BCUT2D eigenvalue weighted by Crippen LogP contribution is 2.45. The molecule has 3 fully saturated rings. The van der Waals surface area contributed by atoms with Crippen LogP contribution < -0.4 is 5.32 Å². The lowest BCUT2D eigenvalue weighted by Gasteiger charge is -2.44. The topological polar surface area (TPSA) is 61.9 Å². The Morgan fingerprint density at radius 2 is 2.21 bits per heavy atom. The molecule has 1 aromatic rings.